The third kappa shape index (κ3) is 36.4. The van der Waals surface area contributed by atoms with Gasteiger partial charge in [-0.1, -0.05) is 30.7 Å². The Morgan fingerprint density at radius 2 is 0.707 bits per heavy atom. The molecule has 4 aromatic rings. The fraction of sp³-hybridized carbons (Fsp3) is 0.579. The van der Waals surface area contributed by atoms with E-state index in [0.717, 1.165) is 5.75 Å². The van der Waals surface area contributed by atoms with Crippen LogP contribution in [0.25, 0.3) is 0 Å². The van der Waals surface area contributed by atoms with Crippen molar-refractivity contribution >= 4 is 105 Å². The number of anilines is 8. The highest BCUT2D eigenvalue weighted by atomic mass is 32.2. The van der Waals surface area contributed by atoms with E-state index in [1.165, 1.54) is 14.7 Å². The average Bonchev–Trinajstić information content (AvgIpc) is 1.66. The van der Waals surface area contributed by atoms with Crippen molar-refractivity contribution in [2.45, 2.75) is 155 Å². The number of hydrogen-bond acceptors (Lipinski definition) is 31. The molecule has 2 saturated heterocycles. The summed E-state index contributed by atoms with van der Waals surface area (Å²) < 4.78 is 0. The number of carbonyl (C=O) groups is 8. The highest BCUT2D eigenvalue weighted by molar-refractivity contribution is 8.00. The Morgan fingerprint density at radius 3 is 1.02 bits per heavy atom. The van der Waals surface area contributed by atoms with Crippen molar-refractivity contribution in [3.8, 4) is 0 Å². The van der Waals surface area contributed by atoms with Crippen LogP contribution in [-0.4, -0.2) is 358 Å². The van der Waals surface area contributed by atoms with Crippen molar-refractivity contribution in [2.75, 3.05) is 166 Å². The van der Waals surface area contributed by atoms with Gasteiger partial charge in [0.2, 0.25) is 41.4 Å². The number of unbranched alkanes of at least 4 members (excludes halogenated alkanes) is 1. The minimum absolute atomic E-state index is 0.00359. The normalized spacial score (nSPS) is 17.6. The second kappa shape index (κ2) is 51.5. The number of carbonyl (C=O) groups excluding carboxylic acids is 8. The molecule has 0 saturated carbocycles. The van der Waals surface area contributed by atoms with E-state index < -0.39 is 161 Å². The zero-order chi connectivity index (χ0) is 84.6. The van der Waals surface area contributed by atoms with Gasteiger partial charge in [0, 0.05) is 167 Å². The van der Waals surface area contributed by atoms with E-state index in [0.29, 0.717) is 64.8 Å². The molecule has 2 aliphatic heterocycles. The van der Waals surface area contributed by atoms with Crippen LogP contribution in [0.2, 0.25) is 0 Å². The van der Waals surface area contributed by atoms with Gasteiger partial charge in [-0.05, 0) is 85.6 Å². The van der Waals surface area contributed by atoms with Crippen LogP contribution in [0.1, 0.15) is 64.2 Å². The molecule has 0 aliphatic carbocycles. The van der Waals surface area contributed by atoms with E-state index >= 15 is 0 Å². The predicted octanol–water partition coefficient (Wildman–Crippen LogP) is -4.78. The smallest absolute Gasteiger partial charge is 0.315 e. The highest BCUT2D eigenvalue weighted by Gasteiger charge is 2.42. The largest absolute Gasteiger partial charge is 0.394 e. The third-order valence-corrected chi connectivity index (χ3v) is 20.4. The highest BCUT2D eigenvalue weighted by Crippen LogP contribution is 2.33. The second-order valence-electron chi connectivity index (χ2n) is 28.7. The van der Waals surface area contributed by atoms with E-state index in [4.69, 9.17) is 20.4 Å². The quantitative estimate of drug-likeness (QED) is 0.0146. The molecule has 2 fully saturated rings. The lowest BCUT2D eigenvalue weighted by Gasteiger charge is -2.24. The summed E-state index contributed by atoms with van der Waals surface area (Å²) in [7, 11) is 0. The first-order valence-electron chi connectivity index (χ1n) is 38.6. The van der Waals surface area contributed by atoms with Crippen LogP contribution in [0, 0.1) is 0 Å². The molecule has 39 nitrogen and oxygen atoms in total. The molecule has 2 heterocycles. The van der Waals surface area contributed by atoms with Gasteiger partial charge in [-0.2, -0.15) is 11.8 Å². The van der Waals surface area contributed by atoms with E-state index in [2.05, 4.69) is 63.8 Å². The summed E-state index contributed by atoms with van der Waals surface area (Å²) in [6, 6.07) is 25.1. The number of benzene rings is 4. The molecule has 0 bridgehead atoms. The van der Waals surface area contributed by atoms with Crippen LogP contribution in [0.3, 0.4) is 0 Å². The Hall–Kier alpha value is -8.73. The summed E-state index contributed by atoms with van der Waals surface area (Å²) in [5.74, 6) is -3.04. The number of aliphatic hydroxyl groups excluding tert-OH is 16. The van der Waals surface area contributed by atoms with Crippen LogP contribution < -0.4 is 63.8 Å². The minimum Gasteiger partial charge on any atom is -0.394 e. The van der Waals surface area contributed by atoms with Gasteiger partial charge in [0.05, 0.1) is 138 Å². The molecule has 0 radical (unpaired) electrons. The molecule has 9 amide bonds. The first-order chi connectivity index (χ1) is 55.5. The number of nitrogens with zero attached hydrogens (tertiary/aromatic N) is 3. The zero-order valence-corrected chi connectivity index (χ0v) is 65.4. The van der Waals surface area contributed by atoms with Gasteiger partial charge >= 0.3 is 6.03 Å². The van der Waals surface area contributed by atoms with Crippen molar-refractivity contribution < 1.29 is 120 Å². The second-order valence-corrected chi connectivity index (χ2v) is 30.0. The molecule has 116 heavy (non-hydrogen) atoms. The molecule has 15 atom stereocenters. The Bertz CT molecular complexity index is 3310. The van der Waals surface area contributed by atoms with Crippen molar-refractivity contribution in [2.24, 2.45) is 0 Å². The molecule has 0 spiro atoms. The van der Waals surface area contributed by atoms with Crippen molar-refractivity contribution in [3.05, 3.63) is 97.1 Å². The number of nitrogens with one attached hydrogen (secondary N) is 12. The minimum atomic E-state index is -1.37. The fourth-order valence-electron chi connectivity index (χ4n) is 12.5. The lowest BCUT2D eigenvalue weighted by Crippen LogP contribution is -2.44. The molecule has 646 valence electrons. The Labute approximate surface area is 676 Å². The first-order valence-corrected chi connectivity index (χ1v) is 39.6. The molecular formula is C76H117N15O24S. The SMILES string of the molecule is O=C(CCN(CCC(=O)NCCN(CC(=O)Nc1cccc(NC[C@H](O)[C@@H](O)C[C@H](O)CO)c1)CC(=O)Nc1cccc(NC[C@H](O)[C@@H](O)C[C@H](O)CO)c1)C(=O)CCCCC1SCC2NC(=O)NC21)NCCN(CC(=O)Nc1cccc(NC[C@H](O)[C@@H](O)C[C@H](O)CO)c1)CC(=O)Nc1cccc(NC[C@H](O)[C@@H](O)C[C@H](O)CO)c1. The van der Waals surface area contributed by atoms with Gasteiger partial charge < -0.3 is 150 Å². The number of hydrogen-bond donors (Lipinski definition) is 28. The van der Waals surface area contributed by atoms with Crippen LogP contribution in [0.5, 0.6) is 0 Å². The number of urea groups is 1. The molecular weight excluding hydrogens is 1540 g/mol. The Balaban J connectivity index is 1.11. The van der Waals surface area contributed by atoms with Crippen molar-refractivity contribution in [1.82, 2.24) is 36.0 Å². The van der Waals surface area contributed by atoms with Crippen molar-refractivity contribution in [1.29, 1.82) is 0 Å². The zero-order valence-electron chi connectivity index (χ0n) is 64.6. The third-order valence-electron chi connectivity index (χ3n) is 18.9. The monoisotopic (exact) mass is 1660 g/mol. The van der Waals surface area contributed by atoms with Crippen molar-refractivity contribution in [3.63, 3.8) is 0 Å². The maximum Gasteiger partial charge on any atom is 0.315 e. The fourth-order valence-corrected chi connectivity index (χ4v) is 14.0. The number of amides is 9. The lowest BCUT2D eigenvalue weighted by molar-refractivity contribution is -0.133. The van der Waals surface area contributed by atoms with Crippen LogP contribution >= 0.6 is 11.8 Å². The van der Waals surface area contributed by atoms with Gasteiger partial charge in [0.25, 0.3) is 0 Å². The first kappa shape index (κ1) is 96.1. The summed E-state index contributed by atoms with van der Waals surface area (Å²) in [4.78, 5) is 113. The lowest BCUT2D eigenvalue weighted by atomic mass is 10.0. The Kier molecular flexibility index (Phi) is 42.6. The molecule has 0 aromatic heterocycles. The van der Waals surface area contributed by atoms with Crippen LogP contribution in [-0.2, 0) is 33.6 Å². The maximum absolute atomic E-state index is 14.2. The molecule has 4 aromatic carbocycles. The number of thioether (sulfide) groups is 1. The molecule has 3 unspecified atom stereocenters. The average molecular weight is 1660 g/mol. The molecule has 2 aliphatic rings. The van der Waals surface area contributed by atoms with Crippen LogP contribution in [0.15, 0.2) is 97.1 Å². The summed E-state index contributed by atoms with van der Waals surface area (Å²) in [5, 5.41) is 193. The standard InChI is InChI=1S/C76H117N15O24S/c92-41-54(96)29-59(100)63(104)33-79-46-7-3-11-50(25-46)83-70(110)37-89(38-71(111)84-51-12-4-8-47(26-51)80-34-64(105)60(101)30-55(97)42-93)23-19-77-68(108)17-21-91(74(114)16-2-1-15-67-75-58(45-116-67)87-76(115)88-75)22-18-69(109)78-20-24-90(39-72(112)85-52-13-5-9-48(27-52)81-35-65(106)61(102)31-56(98)43-94)40-73(113)86-53-14-6-10-49(28-53)82-36-66(107)62(103)32-57(99)44-95/h3-14,25-28,54-67,75,79-82,92-107H,1-2,15-24,29-45H2,(H,77,108)(H,78,109)(H,83,110)(H,84,111)(H,85,112)(H,86,113)(H2,87,88,115)/t54-,55-,56-,57-,58?,59-,60-,61-,62-,63-,64-,65-,66-,67?,75?/m0/s1. The number of rotatable bonds is 57. The molecule has 40 heteroatoms. The predicted molar refractivity (Wildman–Crippen MR) is 432 cm³/mol. The topological polar surface area (TPSA) is 614 Å². The van der Waals surface area contributed by atoms with E-state index in [1.807, 2.05) is 0 Å². The van der Waals surface area contributed by atoms with Gasteiger partial charge in [-0.25, -0.2) is 4.79 Å². The van der Waals surface area contributed by atoms with E-state index in [9.17, 15) is 99.6 Å². The Morgan fingerprint density at radius 1 is 0.397 bits per heavy atom. The summed E-state index contributed by atoms with van der Waals surface area (Å²) >= 11 is 1.73. The summed E-state index contributed by atoms with van der Waals surface area (Å²) in [5.41, 5.74) is 2.89. The van der Waals surface area contributed by atoms with Gasteiger partial charge in [0.15, 0.2) is 0 Å². The summed E-state index contributed by atoms with van der Waals surface area (Å²) in [6.45, 7) is -5.41. The van der Waals surface area contributed by atoms with E-state index in [-0.39, 0.29) is 140 Å². The van der Waals surface area contributed by atoms with Gasteiger partial charge in [0.1, 0.15) is 0 Å². The van der Waals surface area contributed by atoms with Gasteiger partial charge in [-0.15, -0.1) is 0 Å². The maximum atomic E-state index is 14.2. The molecule has 6 rings (SSSR count). The van der Waals surface area contributed by atoms with E-state index in [1.54, 1.807) is 109 Å². The summed E-state index contributed by atoms with van der Waals surface area (Å²) in [6.07, 6.45) is -15.7. The van der Waals surface area contributed by atoms with Crippen LogP contribution in [0.4, 0.5) is 50.3 Å². The molecule has 28 N–H and O–H groups in total. The number of aliphatic hydroxyl groups is 16. The van der Waals surface area contributed by atoms with Gasteiger partial charge in [-0.3, -0.25) is 43.4 Å². The number of fused-ring (bicyclic) bond motifs is 1.